The molecular weight excluding hydrogens is 426 g/mol. The van der Waals surface area contributed by atoms with Crippen molar-refractivity contribution in [1.29, 1.82) is 0 Å². The minimum absolute atomic E-state index is 0.0137. The van der Waals surface area contributed by atoms with Crippen molar-refractivity contribution in [2.75, 3.05) is 18.1 Å². The van der Waals surface area contributed by atoms with Crippen LogP contribution in [0.3, 0.4) is 0 Å². The van der Waals surface area contributed by atoms with Crippen molar-refractivity contribution in [3.63, 3.8) is 0 Å². The first-order valence-electron chi connectivity index (χ1n) is 10.4. The number of amides is 1. The molecule has 0 saturated carbocycles. The van der Waals surface area contributed by atoms with Crippen molar-refractivity contribution in [1.82, 2.24) is 10.1 Å². The number of nitrogens with zero attached hydrogens (tertiary/aromatic N) is 3. The molecule has 0 fully saturated rings. The summed E-state index contributed by atoms with van der Waals surface area (Å²) in [6.07, 6.45) is 2.98. The van der Waals surface area contributed by atoms with E-state index < -0.39 is 23.6 Å². The number of pyridine rings is 1. The Balaban J connectivity index is 1.83. The van der Waals surface area contributed by atoms with Crippen LogP contribution in [0.5, 0.6) is 5.88 Å². The third kappa shape index (κ3) is 4.10. The van der Waals surface area contributed by atoms with E-state index >= 15 is 0 Å². The normalized spacial score (nSPS) is 16.1. The van der Waals surface area contributed by atoms with Crippen LogP contribution >= 0.6 is 0 Å². The first-order valence-corrected chi connectivity index (χ1v) is 10.4. The maximum Gasteiger partial charge on any atom is 0.294 e. The molecule has 1 aromatic carbocycles. The second-order valence-corrected chi connectivity index (χ2v) is 7.76. The van der Waals surface area contributed by atoms with E-state index in [1.54, 1.807) is 56.3 Å². The molecule has 0 radical (unpaired) electrons. The van der Waals surface area contributed by atoms with E-state index in [0.717, 1.165) is 5.56 Å². The highest BCUT2D eigenvalue weighted by Crippen LogP contribution is 2.44. The van der Waals surface area contributed by atoms with Gasteiger partial charge in [0.25, 0.3) is 5.91 Å². The minimum Gasteiger partial charge on any atom is -0.503 e. The zero-order valence-electron chi connectivity index (χ0n) is 18.1. The summed E-state index contributed by atoms with van der Waals surface area (Å²) < 4.78 is 10.5. The number of aromatic nitrogens is 2. The molecule has 2 aromatic heterocycles. The number of anilines is 1. The summed E-state index contributed by atoms with van der Waals surface area (Å²) in [6.45, 7) is 3.16. The van der Waals surface area contributed by atoms with Crippen molar-refractivity contribution in [2.45, 2.75) is 19.9 Å². The summed E-state index contributed by atoms with van der Waals surface area (Å²) >= 11 is 0. The monoisotopic (exact) mass is 449 g/mol. The van der Waals surface area contributed by atoms with E-state index in [1.165, 1.54) is 17.4 Å². The fourth-order valence-electron chi connectivity index (χ4n) is 3.76. The fraction of sp³-hybridized carbons (Fsp3) is 0.250. The number of benzene rings is 1. The summed E-state index contributed by atoms with van der Waals surface area (Å²) in [4.78, 5) is 31.9. The van der Waals surface area contributed by atoms with Crippen molar-refractivity contribution in [2.24, 2.45) is 5.92 Å². The lowest BCUT2D eigenvalue weighted by Gasteiger charge is -2.28. The summed E-state index contributed by atoms with van der Waals surface area (Å²) in [5.41, 5.74) is 2.28. The van der Waals surface area contributed by atoms with Crippen LogP contribution in [0.25, 0.3) is 11.3 Å². The zero-order chi connectivity index (χ0) is 23.5. The quantitative estimate of drug-likeness (QED) is 0.537. The lowest BCUT2D eigenvalue weighted by atomic mass is 9.91. The van der Waals surface area contributed by atoms with Gasteiger partial charge >= 0.3 is 0 Å². The van der Waals surface area contributed by atoms with Gasteiger partial charge in [-0.2, -0.15) is 0 Å². The first kappa shape index (κ1) is 22.2. The Kier molecular flexibility index (Phi) is 6.23. The first-order chi connectivity index (χ1) is 15.9. The predicted octanol–water partition coefficient (Wildman–Crippen LogP) is 3.23. The van der Waals surface area contributed by atoms with E-state index in [2.05, 4.69) is 10.1 Å². The lowest BCUT2D eigenvalue weighted by molar-refractivity contribution is -0.119. The Hall–Kier alpha value is -3.98. The summed E-state index contributed by atoms with van der Waals surface area (Å²) in [6, 6.07) is 11.0. The Morgan fingerprint density at radius 2 is 1.97 bits per heavy atom. The van der Waals surface area contributed by atoms with Crippen molar-refractivity contribution in [3.05, 3.63) is 71.8 Å². The van der Waals surface area contributed by atoms with Gasteiger partial charge < -0.3 is 19.5 Å². The van der Waals surface area contributed by atoms with E-state index in [9.17, 15) is 19.8 Å². The number of Topliss-reactive ketones (excluding diaryl/α,β-unsaturated/α-hetero) is 1. The molecule has 1 atom stereocenters. The van der Waals surface area contributed by atoms with Gasteiger partial charge in [-0.15, -0.1) is 0 Å². The number of rotatable bonds is 8. The fourth-order valence-corrected chi connectivity index (χ4v) is 3.76. The van der Waals surface area contributed by atoms with Crippen LogP contribution in [-0.4, -0.2) is 45.3 Å². The Labute approximate surface area is 189 Å². The molecule has 0 spiro atoms. The average molecular weight is 449 g/mol. The molecule has 4 rings (SSSR count). The molecule has 9 heteroatoms. The number of carbonyl (C=O) groups is 2. The van der Waals surface area contributed by atoms with Gasteiger partial charge in [0.2, 0.25) is 5.88 Å². The third-order valence-corrected chi connectivity index (χ3v) is 5.30. The summed E-state index contributed by atoms with van der Waals surface area (Å²) in [7, 11) is 0. The minimum atomic E-state index is -0.951. The molecule has 0 aliphatic carbocycles. The molecule has 2 N–H and O–H groups in total. The Bertz CT molecular complexity index is 1190. The smallest absolute Gasteiger partial charge is 0.294 e. The highest BCUT2D eigenvalue weighted by atomic mass is 16.5. The van der Waals surface area contributed by atoms with E-state index in [-0.39, 0.29) is 30.5 Å². The number of hydrogen-bond acceptors (Lipinski definition) is 8. The molecule has 1 aliphatic rings. The molecule has 0 bridgehead atoms. The molecule has 9 nitrogen and oxygen atoms in total. The zero-order valence-corrected chi connectivity index (χ0v) is 18.1. The second-order valence-electron chi connectivity index (χ2n) is 7.76. The van der Waals surface area contributed by atoms with Gasteiger partial charge in [-0.3, -0.25) is 14.5 Å². The highest BCUT2D eigenvalue weighted by Gasteiger charge is 2.46. The molecule has 1 aliphatic heterocycles. The van der Waals surface area contributed by atoms with Gasteiger partial charge in [0, 0.05) is 35.0 Å². The molecule has 3 aromatic rings. The lowest BCUT2D eigenvalue weighted by Crippen LogP contribution is -2.32. The van der Waals surface area contributed by atoms with Crippen molar-refractivity contribution in [3.8, 4) is 17.1 Å². The van der Waals surface area contributed by atoms with Gasteiger partial charge in [0.05, 0.1) is 12.2 Å². The molecule has 1 amide bonds. The van der Waals surface area contributed by atoms with Crippen LogP contribution < -0.4 is 9.64 Å². The number of aliphatic hydroxyl groups excluding tert-OH is 2. The number of ether oxygens (including phenoxy) is 1. The number of aliphatic hydroxyl groups is 2. The van der Waals surface area contributed by atoms with E-state index in [4.69, 9.17) is 9.26 Å². The number of carbonyl (C=O) groups excluding carboxylic acids is 2. The van der Waals surface area contributed by atoms with E-state index in [1.807, 2.05) is 0 Å². The largest absolute Gasteiger partial charge is 0.503 e. The topological polar surface area (TPSA) is 126 Å². The van der Waals surface area contributed by atoms with Gasteiger partial charge in [0.1, 0.15) is 24.6 Å². The predicted molar refractivity (Wildman–Crippen MR) is 118 cm³/mol. The van der Waals surface area contributed by atoms with Crippen LogP contribution in [0, 0.1) is 5.92 Å². The molecule has 0 saturated heterocycles. The molecule has 33 heavy (non-hydrogen) atoms. The maximum atomic E-state index is 13.2. The van der Waals surface area contributed by atoms with Gasteiger partial charge in [-0.05, 0) is 24.3 Å². The van der Waals surface area contributed by atoms with Gasteiger partial charge in [0.15, 0.2) is 11.5 Å². The van der Waals surface area contributed by atoms with Gasteiger partial charge in [-0.25, -0.2) is 4.98 Å². The average Bonchev–Trinajstić information content (AvgIpc) is 3.45. The molecular formula is C24H23N3O6. The van der Waals surface area contributed by atoms with Gasteiger partial charge in [-0.1, -0.05) is 31.1 Å². The number of hydrogen-bond donors (Lipinski definition) is 2. The van der Waals surface area contributed by atoms with E-state index in [0.29, 0.717) is 16.9 Å². The van der Waals surface area contributed by atoms with Crippen molar-refractivity contribution < 1.29 is 29.1 Å². The van der Waals surface area contributed by atoms with Crippen molar-refractivity contribution >= 4 is 17.4 Å². The molecule has 3 heterocycles. The SMILES string of the molecule is CC(C)C(=O)C1=C(O)C(=O)N(c2ccc(-c3ccon3)cc2)C1c1cccnc1OCCO. The second kappa shape index (κ2) is 9.25. The highest BCUT2D eigenvalue weighted by molar-refractivity contribution is 6.17. The maximum absolute atomic E-state index is 13.2. The summed E-state index contributed by atoms with van der Waals surface area (Å²) in [5, 5.41) is 23.8. The van der Waals surface area contributed by atoms with Crippen LogP contribution in [-0.2, 0) is 9.59 Å². The van der Waals surface area contributed by atoms with Crippen LogP contribution in [0.15, 0.2) is 70.8 Å². The molecule has 170 valence electrons. The number of ketones is 1. The van der Waals surface area contributed by atoms with Crippen LogP contribution in [0.1, 0.15) is 25.5 Å². The third-order valence-electron chi connectivity index (χ3n) is 5.30. The Morgan fingerprint density at radius 3 is 2.61 bits per heavy atom. The Morgan fingerprint density at radius 1 is 1.21 bits per heavy atom. The standard InChI is InChI=1S/C24H23N3O6/c1-14(2)21(29)19-20(17-4-3-10-25-23(17)32-13-11-28)27(24(31)22(19)30)16-7-5-15(6-8-16)18-9-12-33-26-18/h3-10,12,14,20,28,30H,11,13H2,1-2H3. The molecule has 1 unspecified atom stereocenters. The van der Waals surface area contributed by atoms with Crippen LogP contribution in [0.2, 0.25) is 0 Å². The van der Waals surface area contributed by atoms with Crippen LogP contribution in [0.4, 0.5) is 5.69 Å². The summed E-state index contributed by atoms with van der Waals surface area (Å²) in [5.74, 6) is -1.95.